The second kappa shape index (κ2) is 3.64. The largest absolute Gasteiger partial charge is 0.340 e. The van der Waals surface area contributed by atoms with Gasteiger partial charge in [-0.05, 0) is 30.4 Å². The van der Waals surface area contributed by atoms with Crippen LogP contribution in [0.4, 0.5) is 0 Å². The van der Waals surface area contributed by atoms with E-state index >= 15 is 0 Å². The van der Waals surface area contributed by atoms with Crippen molar-refractivity contribution in [2.75, 3.05) is 0 Å². The van der Waals surface area contributed by atoms with Crippen molar-refractivity contribution in [3.8, 4) is 6.07 Å². The van der Waals surface area contributed by atoms with E-state index in [1.807, 2.05) is 17.7 Å². The zero-order chi connectivity index (χ0) is 11.9. The average Bonchev–Trinajstić information content (AvgIpc) is 2.75. The van der Waals surface area contributed by atoms with Gasteiger partial charge in [0.25, 0.3) is 0 Å². The lowest BCUT2D eigenvalue weighted by molar-refractivity contribution is 0.541. The normalized spacial score (nSPS) is 21.8. The summed E-state index contributed by atoms with van der Waals surface area (Å²) < 4.78 is 1.95. The molecule has 1 fully saturated rings. The van der Waals surface area contributed by atoms with Gasteiger partial charge in [-0.3, -0.25) is 0 Å². The molecule has 16 heavy (non-hydrogen) atoms. The van der Waals surface area contributed by atoms with E-state index in [1.54, 1.807) is 0 Å². The minimum Gasteiger partial charge on any atom is -0.340 e. The summed E-state index contributed by atoms with van der Waals surface area (Å²) in [5.74, 6) is 0. The van der Waals surface area contributed by atoms with Crippen molar-refractivity contribution in [2.24, 2.45) is 12.5 Å². The van der Waals surface area contributed by atoms with Crippen LogP contribution >= 0.6 is 0 Å². The maximum absolute atomic E-state index is 8.94. The molecule has 0 aromatic carbocycles. The Hall–Kier alpha value is -1.27. The molecule has 1 N–H and O–H groups in total. The maximum Gasteiger partial charge on any atom is 0.120 e. The van der Waals surface area contributed by atoms with Crippen molar-refractivity contribution in [2.45, 2.75) is 39.8 Å². The van der Waals surface area contributed by atoms with Gasteiger partial charge in [-0.2, -0.15) is 5.26 Å². The molecule has 1 heterocycles. The SMILES string of the molecule is Cc1c(CNC2CC2(C)C)cc(C#N)n1C. The Morgan fingerprint density at radius 2 is 2.25 bits per heavy atom. The van der Waals surface area contributed by atoms with Gasteiger partial charge < -0.3 is 9.88 Å². The summed E-state index contributed by atoms with van der Waals surface area (Å²) in [6, 6.07) is 4.83. The number of aromatic nitrogens is 1. The highest BCUT2D eigenvalue weighted by molar-refractivity contribution is 5.34. The first kappa shape index (κ1) is 11.2. The first-order valence-electron chi connectivity index (χ1n) is 5.74. The minimum absolute atomic E-state index is 0.459. The number of rotatable bonds is 3. The Bertz CT molecular complexity index is 448. The number of nitrogens with one attached hydrogen (secondary N) is 1. The first-order chi connectivity index (χ1) is 7.45. The van der Waals surface area contributed by atoms with E-state index in [0.29, 0.717) is 11.5 Å². The van der Waals surface area contributed by atoms with Gasteiger partial charge in [0.1, 0.15) is 11.8 Å². The van der Waals surface area contributed by atoms with Crippen LogP contribution in [-0.2, 0) is 13.6 Å². The van der Waals surface area contributed by atoms with Gasteiger partial charge in [-0.15, -0.1) is 0 Å². The molecule has 86 valence electrons. The van der Waals surface area contributed by atoms with Gasteiger partial charge in [-0.1, -0.05) is 13.8 Å². The third-order valence-corrected chi connectivity index (χ3v) is 3.81. The fourth-order valence-electron chi connectivity index (χ4n) is 2.10. The van der Waals surface area contributed by atoms with Crippen molar-refractivity contribution in [3.05, 3.63) is 23.0 Å². The van der Waals surface area contributed by atoms with E-state index < -0.39 is 0 Å². The molecule has 0 radical (unpaired) electrons. The number of nitrogens with zero attached hydrogens (tertiary/aromatic N) is 2. The van der Waals surface area contributed by atoms with E-state index in [1.165, 1.54) is 17.7 Å². The third kappa shape index (κ3) is 1.85. The van der Waals surface area contributed by atoms with E-state index in [9.17, 15) is 0 Å². The molecule has 0 bridgehead atoms. The zero-order valence-corrected chi connectivity index (χ0v) is 10.5. The van der Waals surface area contributed by atoms with Crippen molar-refractivity contribution in [1.29, 1.82) is 5.26 Å². The summed E-state index contributed by atoms with van der Waals surface area (Å²) in [6.07, 6.45) is 1.25. The minimum atomic E-state index is 0.459. The van der Waals surface area contributed by atoms with Crippen LogP contribution < -0.4 is 5.32 Å². The quantitative estimate of drug-likeness (QED) is 0.842. The molecule has 0 saturated heterocycles. The van der Waals surface area contributed by atoms with Crippen LogP contribution in [0.3, 0.4) is 0 Å². The highest BCUT2D eigenvalue weighted by Gasteiger charge is 2.45. The van der Waals surface area contributed by atoms with Crippen LogP contribution in [0.5, 0.6) is 0 Å². The predicted molar refractivity (Wildman–Crippen MR) is 63.9 cm³/mol. The molecule has 3 nitrogen and oxygen atoms in total. The van der Waals surface area contributed by atoms with Crippen LogP contribution in [0.15, 0.2) is 6.07 Å². The van der Waals surface area contributed by atoms with E-state index in [0.717, 1.165) is 12.2 Å². The number of hydrogen-bond acceptors (Lipinski definition) is 2. The molecular weight excluding hydrogens is 198 g/mol. The summed E-state index contributed by atoms with van der Waals surface area (Å²) in [5, 5.41) is 12.5. The Labute approximate surface area is 97.1 Å². The smallest absolute Gasteiger partial charge is 0.120 e. The topological polar surface area (TPSA) is 40.8 Å². The van der Waals surface area contributed by atoms with Crippen LogP contribution in [0, 0.1) is 23.7 Å². The fraction of sp³-hybridized carbons (Fsp3) is 0.615. The molecule has 1 aliphatic carbocycles. The molecule has 1 aromatic rings. The summed E-state index contributed by atoms with van der Waals surface area (Å²) in [6.45, 7) is 7.50. The van der Waals surface area contributed by atoms with Gasteiger partial charge >= 0.3 is 0 Å². The molecule has 3 heteroatoms. The van der Waals surface area contributed by atoms with Gasteiger partial charge in [0.05, 0.1) is 0 Å². The monoisotopic (exact) mass is 217 g/mol. The van der Waals surface area contributed by atoms with Crippen molar-refractivity contribution in [1.82, 2.24) is 9.88 Å². The average molecular weight is 217 g/mol. The Balaban J connectivity index is 2.03. The second-order valence-corrected chi connectivity index (χ2v) is 5.44. The molecule has 0 spiro atoms. The van der Waals surface area contributed by atoms with Gasteiger partial charge in [-0.25, -0.2) is 0 Å². The number of hydrogen-bond donors (Lipinski definition) is 1. The first-order valence-corrected chi connectivity index (χ1v) is 5.74. The van der Waals surface area contributed by atoms with Crippen LogP contribution in [-0.4, -0.2) is 10.6 Å². The Morgan fingerprint density at radius 3 is 2.69 bits per heavy atom. The molecule has 0 aliphatic heterocycles. The summed E-state index contributed by atoms with van der Waals surface area (Å²) in [5.41, 5.74) is 3.62. The van der Waals surface area contributed by atoms with Crippen molar-refractivity contribution >= 4 is 0 Å². The number of nitriles is 1. The van der Waals surface area contributed by atoms with E-state index in [2.05, 4.69) is 32.2 Å². The lowest BCUT2D eigenvalue weighted by Crippen LogP contribution is -2.20. The van der Waals surface area contributed by atoms with Crippen molar-refractivity contribution in [3.63, 3.8) is 0 Å². The Kier molecular flexibility index (Phi) is 2.55. The third-order valence-electron chi connectivity index (χ3n) is 3.81. The second-order valence-electron chi connectivity index (χ2n) is 5.44. The summed E-state index contributed by atoms with van der Waals surface area (Å²) in [7, 11) is 1.94. The fourth-order valence-corrected chi connectivity index (χ4v) is 2.10. The molecule has 1 atom stereocenters. The molecule has 1 saturated carbocycles. The molecule has 2 rings (SSSR count). The maximum atomic E-state index is 8.94. The van der Waals surface area contributed by atoms with Crippen LogP contribution in [0.25, 0.3) is 0 Å². The zero-order valence-electron chi connectivity index (χ0n) is 10.5. The van der Waals surface area contributed by atoms with Gasteiger partial charge in [0.2, 0.25) is 0 Å². The van der Waals surface area contributed by atoms with E-state index in [-0.39, 0.29) is 0 Å². The van der Waals surface area contributed by atoms with E-state index in [4.69, 9.17) is 5.26 Å². The van der Waals surface area contributed by atoms with Crippen LogP contribution in [0.1, 0.15) is 37.2 Å². The van der Waals surface area contributed by atoms with Crippen LogP contribution in [0.2, 0.25) is 0 Å². The van der Waals surface area contributed by atoms with Gasteiger partial charge in [0.15, 0.2) is 0 Å². The molecule has 1 aliphatic rings. The predicted octanol–water partition coefficient (Wildman–Crippen LogP) is 2.09. The molecule has 1 aromatic heterocycles. The van der Waals surface area contributed by atoms with Gasteiger partial charge in [0, 0.05) is 25.3 Å². The summed E-state index contributed by atoms with van der Waals surface area (Å²) >= 11 is 0. The molecular formula is C13H19N3. The lowest BCUT2D eigenvalue weighted by Gasteiger charge is -2.06. The van der Waals surface area contributed by atoms with Crippen molar-refractivity contribution < 1.29 is 0 Å². The standard InChI is InChI=1S/C13H19N3/c1-9-10(5-11(7-14)16(9)4)8-15-12-6-13(12,2)3/h5,12,15H,6,8H2,1-4H3. The lowest BCUT2D eigenvalue weighted by atomic mass is 10.2. The molecule has 0 amide bonds. The highest BCUT2D eigenvalue weighted by Crippen LogP contribution is 2.44. The highest BCUT2D eigenvalue weighted by atomic mass is 15.0. The summed E-state index contributed by atoms with van der Waals surface area (Å²) in [4.78, 5) is 0. The molecule has 1 unspecified atom stereocenters. The Morgan fingerprint density at radius 1 is 1.62 bits per heavy atom.